The maximum absolute atomic E-state index is 5.77. The van der Waals surface area contributed by atoms with Crippen LogP contribution in [0.15, 0.2) is 35.6 Å². The van der Waals surface area contributed by atoms with Crippen molar-refractivity contribution in [1.29, 1.82) is 0 Å². The van der Waals surface area contributed by atoms with Crippen LogP contribution in [0.1, 0.15) is 11.3 Å². The van der Waals surface area contributed by atoms with Crippen molar-refractivity contribution in [2.75, 3.05) is 43.9 Å². The number of anilines is 2. The number of hydrogen-bond acceptors (Lipinski definition) is 5. The number of piperazine rings is 1. The summed E-state index contributed by atoms with van der Waals surface area (Å²) in [5.41, 5.74) is 8.94. The monoisotopic (exact) mass is 298 g/mol. The fourth-order valence-electron chi connectivity index (χ4n) is 2.56. The predicted octanol–water partition coefficient (Wildman–Crippen LogP) is 1.41. The summed E-state index contributed by atoms with van der Waals surface area (Å²) in [6.07, 6.45) is 3.61. The molecule has 22 heavy (non-hydrogen) atoms. The van der Waals surface area contributed by atoms with E-state index < -0.39 is 0 Å². The lowest BCUT2D eigenvalue weighted by atomic mass is 10.2. The standard InChI is InChI=1S/C16H22N6/c1-13-12-22(16(17)19-13)18-11-14-3-5-15(6-4-14)21-9-7-20(2)8-10-21/h3-6,11-12H,7-10H2,1-2H3,(H2,17,19). The van der Waals surface area contributed by atoms with Crippen LogP contribution in [0.5, 0.6) is 0 Å². The molecule has 0 aliphatic carbocycles. The molecule has 0 amide bonds. The van der Waals surface area contributed by atoms with Crippen LogP contribution in [-0.2, 0) is 0 Å². The second-order valence-electron chi connectivity index (χ2n) is 5.71. The van der Waals surface area contributed by atoms with Gasteiger partial charge in [-0.1, -0.05) is 12.1 Å². The van der Waals surface area contributed by atoms with Crippen LogP contribution in [0.25, 0.3) is 0 Å². The summed E-state index contributed by atoms with van der Waals surface area (Å²) in [6.45, 7) is 6.28. The second kappa shape index (κ2) is 6.19. The van der Waals surface area contributed by atoms with Crippen LogP contribution in [0.3, 0.4) is 0 Å². The van der Waals surface area contributed by atoms with Gasteiger partial charge in [0.25, 0.3) is 0 Å². The first-order valence-corrected chi connectivity index (χ1v) is 7.51. The van der Waals surface area contributed by atoms with Gasteiger partial charge in [0, 0.05) is 31.9 Å². The molecule has 0 atom stereocenters. The minimum Gasteiger partial charge on any atom is -0.369 e. The summed E-state index contributed by atoms with van der Waals surface area (Å²) < 4.78 is 1.59. The number of rotatable bonds is 3. The van der Waals surface area contributed by atoms with E-state index in [-0.39, 0.29) is 0 Å². The third-order valence-electron chi connectivity index (χ3n) is 3.93. The number of benzene rings is 1. The summed E-state index contributed by atoms with van der Waals surface area (Å²) in [5.74, 6) is 0.405. The first-order chi connectivity index (χ1) is 10.6. The summed E-state index contributed by atoms with van der Waals surface area (Å²) in [4.78, 5) is 8.89. The third kappa shape index (κ3) is 3.28. The Morgan fingerprint density at radius 2 is 1.82 bits per heavy atom. The van der Waals surface area contributed by atoms with E-state index in [0.29, 0.717) is 5.95 Å². The van der Waals surface area contributed by atoms with Gasteiger partial charge in [0.1, 0.15) is 0 Å². The number of aryl methyl sites for hydroxylation is 1. The highest BCUT2D eigenvalue weighted by Crippen LogP contribution is 2.16. The fourth-order valence-corrected chi connectivity index (χ4v) is 2.56. The van der Waals surface area contributed by atoms with Gasteiger partial charge in [0.15, 0.2) is 0 Å². The maximum Gasteiger partial charge on any atom is 0.221 e. The van der Waals surface area contributed by atoms with Crippen molar-refractivity contribution in [3.63, 3.8) is 0 Å². The van der Waals surface area contributed by atoms with Crippen LogP contribution in [0.2, 0.25) is 0 Å². The quantitative estimate of drug-likeness (QED) is 0.870. The second-order valence-corrected chi connectivity index (χ2v) is 5.71. The maximum atomic E-state index is 5.77. The lowest BCUT2D eigenvalue weighted by Crippen LogP contribution is -2.44. The minimum atomic E-state index is 0.405. The van der Waals surface area contributed by atoms with E-state index in [1.54, 1.807) is 10.9 Å². The fraction of sp³-hybridized carbons (Fsp3) is 0.375. The van der Waals surface area contributed by atoms with Gasteiger partial charge in [-0.25, -0.2) is 9.66 Å². The molecule has 1 saturated heterocycles. The topological polar surface area (TPSA) is 62.7 Å². The van der Waals surface area contributed by atoms with Gasteiger partial charge >= 0.3 is 0 Å². The first-order valence-electron chi connectivity index (χ1n) is 7.51. The normalized spacial score (nSPS) is 16.5. The molecule has 0 spiro atoms. The van der Waals surface area contributed by atoms with Crippen molar-refractivity contribution >= 4 is 17.9 Å². The van der Waals surface area contributed by atoms with E-state index in [9.17, 15) is 0 Å². The van der Waals surface area contributed by atoms with E-state index >= 15 is 0 Å². The molecule has 2 N–H and O–H groups in total. The summed E-state index contributed by atoms with van der Waals surface area (Å²) in [6, 6.07) is 8.46. The van der Waals surface area contributed by atoms with Gasteiger partial charge in [0.05, 0.1) is 18.1 Å². The highest BCUT2D eigenvalue weighted by molar-refractivity contribution is 5.80. The molecule has 1 aliphatic heterocycles. The lowest BCUT2D eigenvalue weighted by molar-refractivity contribution is 0.313. The Hall–Kier alpha value is -2.34. The molecule has 0 bridgehead atoms. The van der Waals surface area contributed by atoms with E-state index in [1.165, 1.54) is 5.69 Å². The van der Waals surface area contributed by atoms with Crippen molar-refractivity contribution in [2.45, 2.75) is 6.92 Å². The highest BCUT2D eigenvalue weighted by Gasteiger charge is 2.13. The van der Waals surface area contributed by atoms with Gasteiger partial charge < -0.3 is 15.5 Å². The number of nitrogens with zero attached hydrogens (tertiary/aromatic N) is 5. The average molecular weight is 298 g/mol. The van der Waals surface area contributed by atoms with E-state index in [0.717, 1.165) is 37.4 Å². The third-order valence-corrected chi connectivity index (χ3v) is 3.93. The number of nitrogen functional groups attached to an aromatic ring is 1. The molecule has 1 fully saturated rings. The largest absolute Gasteiger partial charge is 0.369 e. The molecule has 6 nitrogen and oxygen atoms in total. The summed E-state index contributed by atoms with van der Waals surface area (Å²) in [5, 5.41) is 4.33. The van der Waals surface area contributed by atoms with Crippen molar-refractivity contribution in [3.05, 3.63) is 41.7 Å². The van der Waals surface area contributed by atoms with E-state index in [4.69, 9.17) is 5.73 Å². The molecule has 2 aromatic rings. The minimum absolute atomic E-state index is 0.405. The zero-order valence-corrected chi connectivity index (χ0v) is 13.1. The molecule has 116 valence electrons. The van der Waals surface area contributed by atoms with Gasteiger partial charge in [-0.2, -0.15) is 5.10 Å². The molecule has 0 saturated carbocycles. The lowest BCUT2D eigenvalue weighted by Gasteiger charge is -2.34. The van der Waals surface area contributed by atoms with Gasteiger partial charge in [0.2, 0.25) is 5.95 Å². The van der Waals surface area contributed by atoms with E-state index in [1.807, 2.05) is 13.1 Å². The number of aromatic nitrogens is 2. The van der Waals surface area contributed by atoms with Crippen LogP contribution < -0.4 is 10.6 Å². The molecule has 2 heterocycles. The molecular weight excluding hydrogens is 276 g/mol. The van der Waals surface area contributed by atoms with Crippen molar-refractivity contribution in [3.8, 4) is 0 Å². The molecule has 3 rings (SSSR count). The van der Waals surface area contributed by atoms with Crippen LogP contribution in [-0.4, -0.2) is 54.0 Å². The smallest absolute Gasteiger partial charge is 0.221 e. The molecular formula is C16H22N6. The Morgan fingerprint density at radius 3 is 2.41 bits per heavy atom. The molecule has 6 heteroatoms. The van der Waals surface area contributed by atoms with Crippen molar-refractivity contribution in [2.24, 2.45) is 5.10 Å². The highest BCUT2D eigenvalue weighted by atomic mass is 15.4. The number of imidazole rings is 1. The summed E-state index contributed by atoms with van der Waals surface area (Å²) >= 11 is 0. The molecule has 0 radical (unpaired) electrons. The number of hydrogen-bond donors (Lipinski definition) is 1. The molecule has 0 unspecified atom stereocenters. The number of nitrogens with two attached hydrogens (primary N) is 1. The Balaban J connectivity index is 1.68. The van der Waals surface area contributed by atoms with Crippen LogP contribution in [0.4, 0.5) is 11.6 Å². The molecule has 1 aliphatic rings. The zero-order valence-electron chi connectivity index (χ0n) is 13.1. The Bertz CT molecular complexity index is 650. The van der Waals surface area contributed by atoms with Crippen LogP contribution in [0, 0.1) is 6.92 Å². The molecule has 1 aromatic heterocycles. The first kappa shape index (κ1) is 14.6. The average Bonchev–Trinajstić information content (AvgIpc) is 2.84. The van der Waals surface area contributed by atoms with E-state index in [2.05, 4.69) is 51.2 Å². The zero-order chi connectivity index (χ0) is 15.5. The Morgan fingerprint density at radius 1 is 1.14 bits per heavy atom. The molecule has 1 aromatic carbocycles. The SMILES string of the molecule is Cc1cn(N=Cc2ccc(N3CCN(C)CC3)cc2)c(N)n1. The number of likely N-dealkylation sites (N-methyl/N-ethyl adjacent to an activating group) is 1. The Labute approximate surface area is 130 Å². The predicted molar refractivity (Wildman–Crippen MR) is 90.5 cm³/mol. The van der Waals surface area contributed by atoms with Crippen molar-refractivity contribution in [1.82, 2.24) is 14.6 Å². The van der Waals surface area contributed by atoms with Crippen LogP contribution >= 0.6 is 0 Å². The Kier molecular flexibility index (Phi) is 4.11. The van der Waals surface area contributed by atoms with Crippen molar-refractivity contribution < 1.29 is 0 Å². The van der Waals surface area contributed by atoms with Gasteiger partial charge in [-0.15, -0.1) is 0 Å². The van der Waals surface area contributed by atoms with Gasteiger partial charge in [-0.05, 0) is 31.7 Å². The van der Waals surface area contributed by atoms with Gasteiger partial charge in [-0.3, -0.25) is 0 Å². The summed E-state index contributed by atoms with van der Waals surface area (Å²) in [7, 11) is 2.17.